The minimum absolute atomic E-state index is 0.0377. The molecule has 9 heteroatoms. The van der Waals surface area contributed by atoms with E-state index in [1.54, 1.807) is 62.4 Å². The lowest BCUT2D eigenvalue weighted by molar-refractivity contribution is -0.140. The predicted molar refractivity (Wildman–Crippen MR) is 135 cm³/mol. The molecule has 2 aromatic carbocycles. The molecule has 0 heterocycles. The standard InChI is InChI=1S/C26H30N2O6S/c1-5-6-7-8-9-19(4)27-26(31)34-22-14-10-20(11-15-22)21-12-16-23(17-13-21)35(32,33)28-24(18(2)3)25(29)30/h6-18,24,28H,4-5H2,1-3H3,(H,27,31)(H,29,30)/b7-6-,9-8-. The summed E-state index contributed by atoms with van der Waals surface area (Å²) >= 11 is 0. The van der Waals surface area contributed by atoms with Crippen LogP contribution in [0.25, 0.3) is 11.1 Å². The van der Waals surface area contributed by atoms with Crippen LogP contribution >= 0.6 is 0 Å². The van der Waals surface area contributed by atoms with E-state index >= 15 is 0 Å². The summed E-state index contributed by atoms with van der Waals surface area (Å²) in [6.45, 7) is 9.01. The summed E-state index contributed by atoms with van der Waals surface area (Å²) in [5.41, 5.74) is 1.90. The van der Waals surface area contributed by atoms with Gasteiger partial charge in [-0.15, -0.1) is 0 Å². The van der Waals surface area contributed by atoms with Gasteiger partial charge in [0, 0.05) is 5.70 Å². The van der Waals surface area contributed by atoms with Crippen molar-refractivity contribution in [1.82, 2.24) is 10.0 Å². The van der Waals surface area contributed by atoms with E-state index in [-0.39, 0.29) is 4.90 Å². The third-order valence-electron chi connectivity index (χ3n) is 4.82. The van der Waals surface area contributed by atoms with Crippen molar-refractivity contribution >= 4 is 22.1 Å². The molecular weight excluding hydrogens is 468 g/mol. The van der Waals surface area contributed by atoms with E-state index in [1.807, 2.05) is 19.1 Å². The van der Waals surface area contributed by atoms with Crippen LogP contribution in [0.4, 0.5) is 4.79 Å². The Hall–Kier alpha value is -3.69. The Morgan fingerprint density at radius 3 is 2.11 bits per heavy atom. The van der Waals surface area contributed by atoms with Gasteiger partial charge in [-0.05, 0) is 53.8 Å². The molecular formula is C26H30N2O6S. The Morgan fingerprint density at radius 1 is 1.03 bits per heavy atom. The van der Waals surface area contributed by atoms with E-state index in [4.69, 9.17) is 4.74 Å². The molecule has 35 heavy (non-hydrogen) atoms. The zero-order chi connectivity index (χ0) is 26.0. The van der Waals surface area contributed by atoms with Gasteiger partial charge in [0.25, 0.3) is 0 Å². The number of benzene rings is 2. The van der Waals surface area contributed by atoms with E-state index in [1.165, 1.54) is 12.1 Å². The maximum absolute atomic E-state index is 12.6. The van der Waals surface area contributed by atoms with Crippen molar-refractivity contribution in [3.8, 4) is 16.9 Å². The quantitative estimate of drug-likeness (QED) is 0.380. The Balaban J connectivity index is 2.03. The Bertz CT molecular complexity index is 1200. The monoisotopic (exact) mass is 498 g/mol. The number of ether oxygens (including phenoxy) is 1. The third-order valence-corrected chi connectivity index (χ3v) is 6.28. The van der Waals surface area contributed by atoms with Crippen LogP contribution in [0.5, 0.6) is 5.75 Å². The molecule has 0 spiro atoms. The first-order valence-electron chi connectivity index (χ1n) is 11.0. The van der Waals surface area contributed by atoms with Crippen molar-refractivity contribution in [3.05, 3.63) is 85.1 Å². The number of allylic oxidation sites excluding steroid dienone is 4. The van der Waals surface area contributed by atoms with Crippen molar-refractivity contribution in [2.45, 2.75) is 38.1 Å². The summed E-state index contributed by atoms with van der Waals surface area (Å²) in [5, 5.41) is 11.8. The van der Waals surface area contributed by atoms with Gasteiger partial charge in [0.1, 0.15) is 11.8 Å². The smallest absolute Gasteiger partial charge is 0.417 e. The van der Waals surface area contributed by atoms with Gasteiger partial charge >= 0.3 is 12.1 Å². The van der Waals surface area contributed by atoms with Crippen LogP contribution in [0.1, 0.15) is 27.2 Å². The first-order chi connectivity index (χ1) is 16.5. The van der Waals surface area contributed by atoms with Crippen LogP contribution in [0.2, 0.25) is 0 Å². The van der Waals surface area contributed by atoms with E-state index in [9.17, 15) is 23.1 Å². The molecule has 0 bridgehead atoms. The first-order valence-corrected chi connectivity index (χ1v) is 12.5. The Labute approximate surface area is 206 Å². The maximum atomic E-state index is 12.6. The van der Waals surface area contributed by atoms with E-state index < -0.39 is 34.0 Å². The number of aliphatic carboxylic acids is 1. The molecule has 0 aliphatic heterocycles. The molecule has 0 saturated carbocycles. The minimum Gasteiger partial charge on any atom is -0.480 e. The third kappa shape index (κ3) is 8.55. The normalized spacial score (nSPS) is 12.7. The van der Waals surface area contributed by atoms with Crippen molar-refractivity contribution in [3.63, 3.8) is 0 Å². The number of sulfonamides is 1. The SMILES string of the molecule is C=C(/C=C\C=C/CC)NC(=O)Oc1ccc(-c2ccc(S(=O)(=O)NC(C(=O)O)C(C)C)cc2)cc1. The molecule has 186 valence electrons. The molecule has 0 radical (unpaired) electrons. The van der Waals surface area contributed by atoms with Crippen molar-refractivity contribution in [2.24, 2.45) is 5.92 Å². The average Bonchev–Trinajstić information content (AvgIpc) is 2.80. The largest absolute Gasteiger partial charge is 0.480 e. The number of carboxylic acids is 1. The summed E-state index contributed by atoms with van der Waals surface area (Å²) in [6, 6.07) is 11.5. The number of rotatable bonds is 11. The molecule has 1 atom stereocenters. The van der Waals surface area contributed by atoms with E-state index in [2.05, 4.69) is 16.6 Å². The Kier molecular flexibility index (Phi) is 9.98. The van der Waals surface area contributed by atoms with Crippen LogP contribution in [-0.4, -0.2) is 31.6 Å². The highest BCUT2D eigenvalue weighted by Gasteiger charge is 2.27. The number of carboxylic acid groups (broad SMARTS) is 1. The van der Waals surface area contributed by atoms with E-state index in [0.29, 0.717) is 11.4 Å². The second-order valence-corrected chi connectivity index (χ2v) is 9.68. The van der Waals surface area contributed by atoms with Gasteiger partial charge in [-0.1, -0.05) is 69.8 Å². The van der Waals surface area contributed by atoms with Gasteiger partial charge < -0.3 is 9.84 Å². The second-order valence-electron chi connectivity index (χ2n) is 7.97. The molecule has 0 saturated heterocycles. The topological polar surface area (TPSA) is 122 Å². The molecule has 8 nitrogen and oxygen atoms in total. The fourth-order valence-electron chi connectivity index (χ4n) is 2.94. The van der Waals surface area contributed by atoms with Crippen molar-refractivity contribution in [1.29, 1.82) is 0 Å². The zero-order valence-electron chi connectivity index (χ0n) is 19.9. The molecule has 0 aliphatic carbocycles. The maximum Gasteiger partial charge on any atom is 0.417 e. The summed E-state index contributed by atoms with van der Waals surface area (Å²) in [4.78, 5) is 23.3. The molecule has 2 aromatic rings. The van der Waals surface area contributed by atoms with Gasteiger partial charge in [0.15, 0.2) is 0 Å². The summed E-state index contributed by atoms with van der Waals surface area (Å²) in [6.07, 6.45) is 7.48. The number of carbonyl (C=O) groups is 2. The predicted octanol–water partition coefficient (Wildman–Crippen LogP) is 4.87. The highest BCUT2D eigenvalue weighted by molar-refractivity contribution is 7.89. The lowest BCUT2D eigenvalue weighted by Gasteiger charge is -2.18. The van der Waals surface area contributed by atoms with Gasteiger partial charge in [0.2, 0.25) is 10.0 Å². The van der Waals surface area contributed by atoms with Crippen LogP contribution in [-0.2, 0) is 14.8 Å². The highest BCUT2D eigenvalue weighted by Crippen LogP contribution is 2.24. The number of carbonyl (C=O) groups excluding carboxylic acids is 1. The Morgan fingerprint density at radius 2 is 1.60 bits per heavy atom. The minimum atomic E-state index is -4.00. The molecule has 3 N–H and O–H groups in total. The summed E-state index contributed by atoms with van der Waals surface area (Å²) < 4.78 is 32.6. The van der Waals surface area contributed by atoms with Crippen molar-refractivity contribution in [2.75, 3.05) is 0 Å². The van der Waals surface area contributed by atoms with Crippen LogP contribution in [0, 0.1) is 5.92 Å². The fraction of sp³-hybridized carbons (Fsp3) is 0.231. The van der Waals surface area contributed by atoms with Crippen LogP contribution in [0.3, 0.4) is 0 Å². The molecule has 1 amide bonds. The van der Waals surface area contributed by atoms with Gasteiger partial charge in [0.05, 0.1) is 4.90 Å². The molecule has 1 unspecified atom stereocenters. The number of amides is 1. The van der Waals surface area contributed by atoms with E-state index in [0.717, 1.165) is 17.5 Å². The average molecular weight is 499 g/mol. The van der Waals surface area contributed by atoms with Gasteiger partial charge in [-0.25, -0.2) is 13.2 Å². The molecule has 0 aliphatic rings. The molecule has 0 aromatic heterocycles. The number of hydrogen-bond acceptors (Lipinski definition) is 5. The summed E-state index contributed by atoms with van der Waals surface area (Å²) in [5.74, 6) is -1.33. The molecule has 0 fully saturated rings. The highest BCUT2D eigenvalue weighted by atomic mass is 32.2. The number of nitrogens with one attached hydrogen (secondary N) is 2. The van der Waals surface area contributed by atoms with Gasteiger partial charge in [-0.3, -0.25) is 10.1 Å². The van der Waals surface area contributed by atoms with Crippen LogP contribution in [0.15, 0.2) is 90.0 Å². The molecule has 2 rings (SSSR count). The second kappa shape index (κ2) is 12.7. The van der Waals surface area contributed by atoms with Gasteiger partial charge in [-0.2, -0.15) is 4.72 Å². The number of hydrogen-bond donors (Lipinski definition) is 3. The van der Waals surface area contributed by atoms with Crippen LogP contribution < -0.4 is 14.8 Å². The lowest BCUT2D eigenvalue weighted by atomic mass is 10.1. The first kappa shape index (κ1) is 27.6. The lowest BCUT2D eigenvalue weighted by Crippen LogP contribution is -2.44. The fourth-order valence-corrected chi connectivity index (χ4v) is 4.28. The zero-order valence-corrected chi connectivity index (χ0v) is 20.7. The summed E-state index contributed by atoms with van der Waals surface area (Å²) in [7, 11) is -4.00. The van der Waals surface area contributed by atoms with Crippen molar-refractivity contribution < 1.29 is 27.9 Å².